The molecule has 2 heterocycles. The fourth-order valence-corrected chi connectivity index (χ4v) is 4.67. The Morgan fingerprint density at radius 2 is 2.04 bits per heavy atom. The van der Waals surface area contributed by atoms with Crippen molar-refractivity contribution in [3.63, 3.8) is 0 Å². The highest BCUT2D eigenvalue weighted by Gasteiger charge is 2.56. The molecule has 3 aliphatic rings. The van der Waals surface area contributed by atoms with E-state index in [1.165, 1.54) is 16.8 Å². The van der Waals surface area contributed by atoms with Gasteiger partial charge in [-0.3, -0.25) is 5.10 Å². The molecule has 2 fully saturated rings. The zero-order chi connectivity index (χ0) is 16.1. The molecule has 1 aromatic heterocycles. The summed E-state index contributed by atoms with van der Waals surface area (Å²) in [5.41, 5.74) is 4.12. The van der Waals surface area contributed by atoms with Gasteiger partial charge in [-0.1, -0.05) is 24.3 Å². The molecule has 2 aromatic rings. The maximum absolute atomic E-state index is 12.6. The first-order valence-corrected chi connectivity index (χ1v) is 8.94. The Morgan fingerprint density at radius 1 is 1.21 bits per heavy atom. The Balaban J connectivity index is 1.17. The molecule has 2 amide bonds. The lowest BCUT2D eigenvalue weighted by molar-refractivity contribution is 0.180. The van der Waals surface area contributed by atoms with Crippen LogP contribution in [0.3, 0.4) is 0 Å². The Labute approximate surface area is 141 Å². The van der Waals surface area contributed by atoms with E-state index >= 15 is 0 Å². The van der Waals surface area contributed by atoms with Crippen LogP contribution >= 0.6 is 0 Å². The second kappa shape index (κ2) is 5.36. The third kappa shape index (κ3) is 2.22. The number of carbonyl (C=O) groups is 1. The van der Waals surface area contributed by atoms with Crippen LogP contribution in [0.15, 0.2) is 36.5 Å². The van der Waals surface area contributed by atoms with Gasteiger partial charge in [0.05, 0.1) is 0 Å². The second-order valence-corrected chi connectivity index (χ2v) is 7.34. The van der Waals surface area contributed by atoms with Crippen LogP contribution in [0.2, 0.25) is 0 Å². The number of aromatic nitrogens is 2. The largest absolute Gasteiger partial charge is 0.334 e. The number of fused-ring (bicyclic) bond motifs is 3. The van der Waals surface area contributed by atoms with Crippen molar-refractivity contribution >= 4 is 6.03 Å². The summed E-state index contributed by atoms with van der Waals surface area (Å²) in [6, 6.07) is 11.2. The molecule has 5 nitrogen and oxygen atoms in total. The van der Waals surface area contributed by atoms with Crippen molar-refractivity contribution in [3.05, 3.63) is 53.3 Å². The van der Waals surface area contributed by atoms with Crippen LogP contribution in [0.25, 0.3) is 0 Å². The zero-order valence-corrected chi connectivity index (χ0v) is 13.6. The van der Waals surface area contributed by atoms with Crippen LogP contribution in [0.5, 0.6) is 0 Å². The second-order valence-electron chi connectivity index (χ2n) is 7.34. The van der Waals surface area contributed by atoms with Crippen LogP contribution < -0.4 is 5.32 Å². The standard InChI is InChI=1S/C19H22N4O/c24-19(23-9-6-12(7-10-23)16-5-8-20-22-16)21-18-15-11-13-3-1-2-4-14(13)17(15)18/h1-5,8,12,15,17-18H,6-7,9-11H2,(H,20,22)(H,21,24)/t15-,17+,18+/m0/s1. The number of carbonyl (C=O) groups excluding carboxylic acids is 1. The summed E-state index contributed by atoms with van der Waals surface area (Å²) in [6.45, 7) is 1.66. The Hall–Kier alpha value is -2.30. The SMILES string of the molecule is O=C(N[C@@H]1[C@H]2Cc3ccccc3[C@H]21)N1CCC(c2ccn[nH]2)CC1. The Bertz CT molecular complexity index is 748. The first-order chi connectivity index (χ1) is 11.8. The highest BCUT2D eigenvalue weighted by atomic mass is 16.2. The van der Waals surface area contributed by atoms with E-state index in [4.69, 9.17) is 0 Å². The highest BCUT2D eigenvalue weighted by molar-refractivity contribution is 5.75. The minimum atomic E-state index is 0.120. The molecular weight excluding hydrogens is 300 g/mol. The molecule has 0 spiro atoms. The summed E-state index contributed by atoms with van der Waals surface area (Å²) < 4.78 is 0. The van der Waals surface area contributed by atoms with Gasteiger partial charge >= 0.3 is 6.03 Å². The van der Waals surface area contributed by atoms with E-state index in [1.807, 2.05) is 11.0 Å². The van der Waals surface area contributed by atoms with Crippen molar-refractivity contribution < 1.29 is 4.79 Å². The lowest BCUT2D eigenvalue weighted by Crippen LogP contribution is -2.45. The molecule has 124 valence electrons. The van der Waals surface area contributed by atoms with Crippen molar-refractivity contribution in [1.82, 2.24) is 20.4 Å². The maximum atomic E-state index is 12.6. The third-order valence-corrected chi connectivity index (χ3v) is 6.07. The average molecular weight is 322 g/mol. The number of hydrogen-bond donors (Lipinski definition) is 2. The minimum absolute atomic E-state index is 0.120. The molecule has 5 heteroatoms. The summed E-state index contributed by atoms with van der Waals surface area (Å²) in [6.07, 6.45) is 4.94. The van der Waals surface area contributed by atoms with Gasteiger partial charge in [0.1, 0.15) is 0 Å². The summed E-state index contributed by atoms with van der Waals surface area (Å²) >= 11 is 0. The fourth-order valence-electron chi connectivity index (χ4n) is 4.67. The maximum Gasteiger partial charge on any atom is 0.317 e. The number of piperidine rings is 1. The molecule has 2 N–H and O–H groups in total. The van der Waals surface area contributed by atoms with Gasteiger partial charge in [0, 0.05) is 42.9 Å². The lowest BCUT2D eigenvalue weighted by Gasteiger charge is -2.31. The van der Waals surface area contributed by atoms with Crippen molar-refractivity contribution in [1.29, 1.82) is 0 Å². The Morgan fingerprint density at radius 3 is 2.83 bits per heavy atom. The van der Waals surface area contributed by atoms with Crippen LogP contribution in [-0.4, -0.2) is 40.3 Å². The molecular formula is C19H22N4O. The van der Waals surface area contributed by atoms with E-state index in [0.717, 1.165) is 32.4 Å². The molecule has 3 atom stereocenters. The number of nitrogens with zero attached hydrogens (tertiary/aromatic N) is 2. The number of nitrogens with one attached hydrogen (secondary N) is 2. The number of likely N-dealkylation sites (tertiary alicyclic amines) is 1. The number of H-pyrrole nitrogens is 1. The van der Waals surface area contributed by atoms with E-state index in [2.05, 4.69) is 39.8 Å². The number of benzene rings is 1. The summed E-state index contributed by atoms with van der Waals surface area (Å²) in [4.78, 5) is 14.6. The molecule has 1 aliphatic heterocycles. The normalized spacial score (nSPS) is 28.3. The molecule has 0 bridgehead atoms. The molecule has 0 unspecified atom stereocenters. The predicted molar refractivity (Wildman–Crippen MR) is 90.8 cm³/mol. The van der Waals surface area contributed by atoms with Crippen molar-refractivity contribution in [2.45, 2.75) is 37.1 Å². The first kappa shape index (κ1) is 14.1. The van der Waals surface area contributed by atoms with Crippen LogP contribution in [0, 0.1) is 5.92 Å². The van der Waals surface area contributed by atoms with E-state index in [9.17, 15) is 4.79 Å². The van der Waals surface area contributed by atoms with Crippen LogP contribution in [-0.2, 0) is 6.42 Å². The molecule has 2 aliphatic carbocycles. The van der Waals surface area contributed by atoms with E-state index in [0.29, 0.717) is 23.8 Å². The van der Waals surface area contributed by atoms with Gasteiger partial charge in [-0.2, -0.15) is 5.10 Å². The molecule has 0 radical (unpaired) electrons. The van der Waals surface area contributed by atoms with Gasteiger partial charge in [0.25, 0.3) is 0 Å². The number of urea groups is 1. The van der Waals surface area contributed by atoms with Gasteiger partial charge in [0.2, 0.25) is 0 Å². The van der Waals surface area contributed by atoms with Gasteiger partial charge in [-0.15, -0.1) is 0 Å². The van der Waals surface area contributed by atoms with Crippen molar-refractivity contribution in [3.8, 4) is 0 Å². The molecule has 24 heavy (non-hydrogen) atoms. The predicted octanol–water partition coefficient (Wildman–Crippen LogP) is 2.64. The van der Waals surface area contributed by atoms with Gasteiger partial charge in [-0.25, -0.2) is 4.79 Å². The minimum Gasteiger partial charge on any atom is -0.334 e. The van der Waals surface area contributed by atoms with E-state index in [-0.39, 0.29) is 6.03 Å². The number of amides is 2. The number of aromatic amines is 1. The third-order valence-electron chi connectivity index (χ3n) is 6.07. The molecule has 5 rings (SSSR count). The summed E-state index contributed by atoms with van der Waals surface area (Å²) in [5.74, 6) is 1.67. The highest BCUT2D eigenvalue weighted by Crippen LogP contribution is 2.56. The summed E-state index contributed by atoms with van der Waals surface area (Å²) in [5, 5.41) is 10.4. The summed E-state index contributed by atoms with van der Waals surface area (Å²) in [7, 11) is 0. The van der Waals surface area contributed by atoms with Gasteiger partial charge < -0.3 is 10.2 Å². The fraction of sp³-hybridized carbons (Fsp3) is 0.474. The molecule has 1 aromatic carbocycles. The van der Waals surface area contributed by atoms with E-state index < -0.39 is 0 Å². The Kier molecular flexibility index (Phi) is 3.15. The molecule has 1 saturated carbocycles. The quantitative estimate of drug-likeness (QED) is 0.893. The topological polar surface area (TPSA) is 61.0 Å². The average Bonchev–Trinajstić information content (AvgIpc) is 3.02. The number of rotatable bonds is 2. The monoisotopic (exact) mass is 322 g/mol. The van der Waals surface area contributed by atoms with E-state index in [1.54, 1.807) is 6.20 Å². The zero-order valence-electron chi connectivity index (χ0n) is 13.6. The smallest absolute Gasteiger partial charge is 0.317 e. The van der Waals surface area contributed by atoms with Crippen molar-refractivity contribution in [2.24, 2.45) is 5.92 Å². The van der Waals surface area contributed by atoms with Crippen molar-refractivity contribution in [2.75, 3.05) is 13.1 Å². The molecule has 1 saturated heterocycles. The van der Waals surface area contributed by atoms with Crippen LogP contribution in [0.1, 0.15) is 41.5 Å². The number of hydrogen-bond acceptors (Lipinski definition) is 2. The van der Waals surface area contributed by atoms with Crippen LogP contribution in [0.4, 0.5) is 4.79 Å². The van der Waals surface area contributed by atoms with Gasteiger partial charge in [0.15, 0.2) is 0 Å². The first-order valence-electron chi connectivity index (χ1n) is 8.94. The van der Waals surface area contributed by atoms with Gasteiger partial charge in [-0.05, 0) is 42.4 Å². The lowest BCUT2D eigenvalue weighted by atomic mass is 9.94.